The quantitative estimate of drug-likeness (QED) is 0.901. The van der Waals surface area contributed by atoms with Crippen LogP contribution >= 0.6 is 23.2 Å². The van der Waals surface area contributed by atoms with Gasteiger partial charge in [-0.05, 0) is 42.4 Å². The second kappa shape index (κ2) is 7.20. The summed E-state index contributed by atoms with van der Waals surface area (Å²) in [5, 5.41) is 1.13. The number of benzene rings is 1. The van der Waals surface area contributed by atoms with Crippen LogP contribution < -0.4 is 5.73 Å². The van der Waals surface area contributed by atoms with E-state index in [0.29, 0.717) is 16.5 Å². The van der Waals surface area contributed by atoms with E-state index in [1.54, 1.807) is 6.07 Å². The fourth-order valence-electron chi connectivity index (χ4n) is 2.88. The first-order chi connectivity index (χ1) is 10.3. The van der Waals surface area contributed by atoms with Gasteiger partial charge in [0.05, 0.1) is 10.0 Å². The molecular weight excluding hydrogens is 319 g/mol. The molecular formula is C17H24Cl2N2O. The lowest BCUT2D eigenvalue weighted by Gasteiger charge is -2.42. The molecule has 2 N–H and O–H groups in total. The highest BCUT2D eigenvalue weighted by Crippen LogP contribution is 2.28. The maximum Gasteiger partial charge on any atom is 0.222 e. The molecule has 5 heteroatoms. The zero-order valence-electron chi connectivity index (χ0n) is 13.2. The van der Waals surface area contributed by atoms with Crippen LogP contribution in [0.25, 0.3) is 0 Å². The number of amides is 1. The van der Waals surface area contributed by atoms with E-state index in [1.165, 1.54) is 0 Å². The van der Waals surface area contributed by atoms with E-state index in [4.69, 9.17) is 28.9 Å². The Labute approximate surface area is 142 Å². The van der Waals surface area contributed by atoms with Crippen molar-refractivity contribution < 1.29 is 4.79 Å². The van der Waals surface area contributed by atoms with Gasteiger partial charge >= 0.3 is 0 Å². The Kier molecular flexibility index (Phi) is 5.76. The first kappa shape index (κ1) is 17.6. The van der Waals surface area contributed by atoms with Gasteiger partial charge in [-0.3, -0.25) is 4.79 Å². The Balaban J connectivity index is 1.81. The molecule has 0 radical (unpaired) electrons. The van der Waals surface area contributed by atoms with Gasteiger partial charge in [-0.25, -0.2) is 0 Å². The molecule has 0 spiro atoms. The lowest BCUT2D eigenvalue weighted by atomic mass is 9.79. The Hall–Kier alpha value is -0.770. The van der Waals surface area contributed by atoms with Crippen LogP contribution in [0.3, 0.4) is 0 Å². The molecule has 2 rings (SSSR count). The van der Waals surface area contributed by atoms with Crippen LogP contribution in [-0.4, -0.2) is 29.9 Å². The molecule has 1 aliphatic heterocycles. The van der Waals surface area contributed by atoms with Crippen molar-refractivity contribution in [2.45, 2.75) is 45.6 Å². The molecule has 1 heterocycles. The van der Waals surface area contributed by atoms with E-state index in [0.717, 1.165) is 37.9 Å². The summed E-state index contributed by atoms with van der Waals surface area (Å²) in [6, 6.07) is 5.81. The highest BCUT2D eigenvalue weighted by molar-refractivity contribution is 6.42. The van der Waals surface area contributed by atoms with Gasteiger partial charge in [0.25, 0.3) is 0 Å². The third-order valence-corrected chi connectivity index (χ3v) is 5.24. The van der Waals surface area contributed by atoms with Crippen LogP contribution in [0.1, 0.15) is 38.7 Å². The number of piperidine rings is 1. The minimum Gasteiger partial charge on any atom is -0.342 e. The van der Waals surface area contributed by atoms with Crippen molar-refractivity contribution in [2.75, 3.05) is 13.1 Å². The summed E-state index contributed by atoms with van der Waals surface area (Å²) in [6.45, 7) is 5.79. The van der Waals surface area contributed by atoms with Gasteiger partial charge in [-0.15, -0.1) is 0 Å². The van der Waals surface area contributed by atoms with Crippen molar-refractivity contribution in [1.29, 1.82) is 0 Å². The molecule has 1 aromatic rings. The summed E-state index contributed by atoms with van der Waals surface area (Å²) >= 11 is 11.9. The summed E-state index contributed by atoms with van der Waals surface area (Å²) in [4.78, 5) is 14.3. The molecule has 122 valence electrons. The van der Waals surface area contributed by atoms with Gasteiger partial charge in [0.2, 0.25) is 5.91 Å². The molecule has 22 heavy (non-hydrogen) atoms. The molecule has 1 saturated heterocycles. The average Bonchev–Trinajstić information content (AvgIpc) is 2.45. The number of nitrogens with zero attached hydrogens (tertiary/aromatic N) is 1. The first-order valence-electron chi connectivity index (χ1n) is 7.77. The average molecular weight is 343 g/mol. The molecule has 1 atom stereocenters. The van der Waals surface area contributed by atoms with Gasteiger partial charge in [0.1, 0.15) is 0 Å². The maximum absolute atomic E-state index is 12.3. The number of hydrogen-bond acceptors (Lipinski definition) is 2. The Bertz CT molecular complexity index is 545. The predicted molar refractivity (Wildman–Crippen MR) is 92.4 cm³/mol. The van der Waals surface area contributed by atoms with Gasteiger partial charge in [-0.1, -0.05) is 43.1 Å². The number of nitrogens with two attached hydrogens (primary N) is 1. The smallest absolute Gasteiger partial charge is 0.222 e. The summed E-state index contributed by atoms with van der Waals surface area (Å²) < 4.78 is 0. The van der Waals surface area contributed by atoms with Crippen LogP contribution in [-0.2, 0) is 11.2 Å². The minimum atomic E-state index is -0.00237. The fraction of sp³-hybridized carbons (Fsp3) is 0.588. The lowest BCUT2D eigenvalue weighted by molar-refractivity contribution is -0.134. The van der Waals surface area contributed by atoms with Crippen LogP contribution in [0, 0.1) is 5.41 Å². The fourth-order valence-corrected chi connectivity index (χ4v) is 3.20. The summed E-state index contributed by atoms with van der Waals surface area (Å²) in [5.74, 6) is 0.222. The van der Waals surface area contributed by atoms with Crippen LogP contribution in [0.4, 0.5) is 0 Å². The van der Waals surface area contributed by atoms with Gasteiger partial charge < -0.3 is 10.6 Å². The van der Waals surface area contributed by atoms with Crippen molar-refractivity contribution in [3.05, 3.63) is 33.8 Å². The second-order valence-electron chi connectivity index (χ2n) is 6.80. The summed E-state index contributed by atoms with van der Waals surface area (Å²) in [5.41, 5.74) is 7.23. The minimum absolute atomic E-state index is 0.00237. The molecule has 1 aromatic carbocycles. The first-order valence-corrected chi connectivity index (χ1v) is 8.52. The highest BCUT2D eigenvalue weighted by atomic mass is 35.5. The Morgan fingerprint density at radius 2 is 2.09 bits per heavy atom. The van der Waals surface area contributed by atoms with Crippen molar-refractivity contribution in [2.24, 2.45) is 11.1 Å². The maximum atomic E-state index is 12.3. The molecule has 0 aliphatic carbocycles. The van der Waals surface area contributed by atoms with E-state index in [1.807, 2.05) is 17.0 Å². The highest BCUT2D eigenvalue weighted by Gasteiger charge is 2.34. The SMILES string of the molecule is CC1(C)CN(C(=O)CCCc2ccc(Cl)c(Cl)c2)CCC1N. The van der Waals surface area contributed by atoms with Gasteiger partial charge in [0.15, 0.2) is 0 Å². The second-order valence-corrected chi connectivity index (χ2v) is 7.62. The van der Waals surface area contributed by atoms with Gasteiger partial charge in [-0.2, -0.15) is 0 Å². The predicted octanol–water partition coefficient (Wildman–Crippen LogP) is 3.90. The zero-order chi connectivity index (χ0) is 16.3. The van der Waals surface area contributed by atoms with Crippen LogP contribution in [0.5, 0.6) is 0 Å². The lowest BCUT2D eigenvalue weighted by Crippen LogP contribution is -2.53. The molecule has 0 bridgehead atoms. The molecule has 1 aliphatic rings. The molecule has 1 fully saturated rings. The standard InChI is InChI=1S/C17H24Cl2N2O/c1-17(2)11-21(9-8-15(17)20)16(22)5-3-4-12-6-7-13(18)14(19)10-12/h6-7,10,15H,3-5,8-9,11,20H2,1-2H3. The summed E-state index contributed by atoms with van der Waals surface area (Å²) in [7, 11) is 0. The number of aryl methyl sites for hydroxylation is 1. The number of likely N-dealkylation sites (tertiary alicyclic amines) is 1. The molecule has 1 unspecified atom stereocenters. The number of rotatable bonds is 4. The number of carbonyl (C=O) groups excluding carboxylic acids is 1. The molecule has 0 saturated carbocycles. The van der Waals surface area contributed by atoms with E-state index in [2.05, 4.69) is 13.8 Å². The topological polar surface area (TPSA) is 46.3 Å². The van der Waals surface area contributed by atoms with Crippen molar-refractivity contribution in [1.82, 2.24) is 4.90 Å². The number of halogens is 2. The number of carbonyl (C=O) groups is 1. The normalized spacial score (nSPS) is 21.0. The Morgan fingerprint density at radius 1 is 1.36 bits per heavy atom. The van der Waals surface area contributed by atoms with E-state index >= 15 is 0 Å². The van der Waals surface area contributed by atoms with Gasteiger partial charge in [0, 0.05) is 25.6 Å². The molecule has 0 aromatic heterocycles. The monoisotopic (exact) mass is 342 g/mol. The van der Waals surface area contributed by atoms with E-state index < -0.39 is 0 Å². The molecule has 3 nitrogen and oxygen atoms in total. The third-order valence-electron chi connectivity index (χ3n) is 4.50. The number of hydrogen-bond donors (Lipinski definition) is 1. The molecule has 1 amide bonds. The van der Waals surface area contributed by atoms with E-state index in [9.17, 15) is 4.79 Å². The van der Waals surface area contributed by atoms with Crippen LogP contribution in [0.2, 0.25) is 10.0 Å². The van der Waals surface area contributed by atoms with Crippen molar-refractivity contribution >= 4 is 29.1 Å². The largest absolute Gasteiger partial charge is 0.342 e. The Morgan fingerprint density at radius 3 is 2.73 bits per heavy atom. The van der Waals surface area contributed by atoms with E-state index in [-0.39, 0.29) is 17.4 Å². The van der Waals surface area contributed by atoms with Crippen LogP contribution in [0.15, 0.2) is 18.2 Å². The zero-order valence-corrected chi connectivity index (χ0v) is 14.8. The third kappa shape index (κ3) is 4.37. The summed E-state index contributed by atoms with van der Waals surface area (Å²) in [6.07, 6.45) is 3.09. The van der Waals surface area contributed by atoms with Crippen molar-refractivity contribution in [3.8, 4) is 0 Å². The van der Waals surface area contributed by atoms with Crippen molar-refractivity contribution in [3.63, 3.8) is 0 Å².